The molecule has 2 aromatic rings. The lowest BCUT2D eigenvalue weighted by Gasteiger charge is -2.10. The standard InChI is InChI=1S/C12H18N6S/c1-10-7-16-11(19-10)8-17-12(13-2)15-4-6-18-5-3-14-9-18/h3,5,7,9H,4,6,8H2,1-2H3,(H2,13,15,17). The predicted octanol–water partition coefficient (Wildman–Crippen LogP) is 1.01. The zero-order chi connectivity index (χ0) is 13.5. The quantitative estimate of drug-likeness (QED) is 0.633. The van der Waals surface area contributed by atoms with Crippen molar-refractivity contribution in [2.24, 2.45) is 4.99 Å². The molecular formula is C12H18N6S. The van der Waals surface area contributed by atoms with Crippen LogP contribution in [0.25, 0.3) is 0 Å². The minimum Gasteiger partial charge on any atom is -0.355 e. The third-order valence-electron chi connectivity index (χ3n) is 2.52. The van der Waals surface area contributed by atoms with Crippen LogP contribution in [0.5, 0.6) is 0 Å². The normalized spacial score (nSPS) is 11.6. The number of nitrogens with zero attached hydrogens (tertiary/aromatic N) is 4. The van der Waals surface area contributed by atoms with Crippen LogP contribution in [0.1, 0.15) is 9.88 Å². The number of hydrogen-bond donors (Lipinski definition) is 2. The Kier molecular flexibility index (Phi) is 4.91. The maximum absolute atomic E-state index is 4.30. The summed E-state index contributed by atoms with van der Waals surface area (Å²) in [6.07, 6.45) is 7.40. The molecule has 0 atom stereocenters. The van der Waals surface area contributed by atoms with Crippen LogP contribution in [0.3, 0.4) is 0 Å². The van der Waals surface area contributed by atoms with Gasteiger partial charge in [-0.3, -0.25) is 4.99 Å². The van der Waals surface area contributed by atoms with Gasteiger partial charge in [0.05, 0.1) is 12.9 Å². The van der Waals surface area contributed by atoms with Crippen molar-refractivity contribution in [2.45, 2.75) is 20.0 Å². The van der Waals surface area contributed by atoms with E-state index < -0.39 is 0 Å². The summed E-state index contributed by atoms with van der Waals surface area (Å²) in [6.45, 7) is 4.41. The Bertz CT molecular complexity index is 516. The van der Waals surface area contributed by atoms with Gasteiger partial charge in [-0.05, 0) is 6.92 Å². The van der Waals surface area contributed by atoms with Crippen LogP contribution >= 0.6 is 11.3 Å². The van der Waals surface area contributed by atoms with E-state index in [4.69, 9.17) is 0 Å². The Morgan fingerprint density at radius 3 is 3.00 bits per heavy atom. The van der Waals surface area contributed by atoms with E-state index in [0.717, 1.165) is 24.1 Å². The maximum Gasteiger partial charge on any atom is 0.191 e. The molecule has 0 saturated heterocycles. The van der Waals surface area contributed by atoms with Crippen molar-refractivity contribution in [1.82, 2.24) is 25.2 Å². The second-order valence-corrected chi connectivity index (χ2v) is 5.34. The number of imidazole rings is 1. The summed E-state index contributed by atoms with van der Waals surface area (Å²) >= 11 is 1.69. The number of guanidine groups is 1. The van der Waals surface area contributed by atoms with Gasteiger partial charge in [0.1, 0.15) is 5.01 Å². The molecule has 0 aliphatic heterocycles. The molecule has 0 aliphatic carbocycles. The van der Waals surface area contributed by atoms with Gasteiger partial charge in [0.25, 0.3) is 0 Å². The first-order valence-corrected chi connectivity index (χ1v) is 6.91. The summed E-state index contributed by atoms with van der Waals surface area (Å²) in [4.78, 5) is 13.7. The number of rotatable bonds is 5. The number of aryl methyl sites for hydroxylation is 1. The van der Waals surface area contributed by atoms with E-state index in [-0.39, 0.29) is 0 Å². The molecule has 0 fully saturated rings. The monoisotopic (exact) mass is 278 g/mol. The van der Waals surface area contributed by atoms with E-state index in [1.54, 1.807) is 30.9 Å². The second kappa shape index (κ2) is 6.89. The van der Waals surface area contributed by atoms with Gasteiger partial charge in [0.15, 0.2) is 5.96 Å². The van der Waals surface area contributed by atoms with Gasteiger partial charge in [0.2, 0.25) is 0 Å². The molecule has 0 aliphatic rings. The first-order chi connectivity index (χ1) is 9.28. The Morgan fingerprint density at radius 1 is 1.47 bits per heavy atom. The molecule has 0 radical (unpaired) electrons. The third-order valence-corrected chi connectivity index (χ3v) is 3.43. The van der Waals surface area contributed by atoms with Crippen molar-refractivity contribution >= 4 is 17.3 Å². The first kappa shape index (κ1) is 13.5. The minimum atomic E-state index is 0.698. The topological polar surface area (TPSA) is 67.1 Å². The van der Waals surface area contributed by atoms with E-state index in [1.807, 2.05) is 17.0 Å². The summed E-state index contributed by atoms with van der Waals surface area (Å²) < 4.78 is 2.02. The molecule has 0 bridgehead atoms. The van der Waals surface area contributed by atoms with Gasteiger partial charge < -0.3 is 15.2 Å². The third kappa shape index (κ3) is 4.36. The van der Waals surface area contributed by atoms with Crippen molar-refractivity contribution in [3.05, 3.63) is 34.8 Å². The number of aromatic nitrogens is 3. The van der Waals surface area contributed by atoms with Crippen molar-refractivity contribution in [1.29, 1.82) is 0 Å². The van der Waals surface area contributed by atoms with E-state index in [2.05, 4.69) is 32.5 Å². The molecule has 2 aromatic heterocycles. The number of aliphatic imine (C=N–C) groups is 1. The van der Waals surface area contributed by atoms with Gasteiger partial charge in [-0.1, -0.05) is 0 Å². The molecule has 102 valence electrons. The fourth-order valence-electron chi connectivity index (χ4n) is 1.59. The van der Waals surface area contributed by atoms with Crippen LogP contribution in [0.2, 0.25) is 0 Å². The molecule has 6 nitrogen and oxygen atoms in total. The summed E-state index contributed by atoms with van der Waals surface area (Å²) in [6, 6.07) is 0. The highest BCUT2D eigenvalue weighted by Crippen LogP contribution is 2.10. The number of nitrogens with one attached hydrogen (secondary N) is 2. The fraction of sp³-hybridized carbons (Fsp3) is 0.417. The fourth-order valence-corrected chi connectivity index (χ4v) is 2.31. The van der Waals surface area contributed by atoms with Gasteiger partial charge in [-0.15, -0.1) is 11.3 Å². The van der Waals surface area contributed by atoms with Crippen molar-refractivity contribution in [2.75, 3.05) is 13.6 Å². The molecule has 0 aromatic carbocycles. The lowest BCUT2D eigenvalue weighted by molar-refractivity contribution is 0.661. The van der Waals surface area contributed by atoms with Gasteiger partial charge >= 0.3 is 0 Å². The van der Waals surface area contributed by atoms with Crippen molar-refractivity contribution in [3.63, 3.8) is 0 Å². The highest BCUT2D eigenvalue weighted by atomic mass is 32.1. The van der Waals surface area contributed by atoms with Crippen LogP contribution in [-0.4, -0.2) is 34.1 Å². The highest BCUT2D eigenvalue weighted by molar-refractivity contribution is 7.11. The van der Waals surface area contributed by atoms with E-state index in [0.29, 0.717) is 6.54 Å². The lowest BCUT2D eigenvalue weighted by Crippen LogP contribution is -2.38. The molecule has 0 amide bonds. The Morgan fingerprint density at radius 2 is 2.37 bits per heavy atom. The molecule has 2 N–H and O–H groups in total. The zero-order valence-corrected chi connectivity index (χ0v) is 11.9. The summed E-state index contributed by atoms with van der Waals surface area (Å²) in [5.74, 6) is 0.785. The maximum atomic E-state index is 4.30. The molecule has 2 heterocycles. The Labute approximate surface area is 116 Å². The van der Waals surface area contributed by atoms with Crippen LogP contribution < -0.4 is 10.6 Å². The summed E-state index contributed by atoms with van der Waals surface area (Å²) in [5, 5.41) is 7.56. The number of thiazole rings is 1. The highest BCUT2D eigenvalue weighted by Gasteiger charge is 2.01. The molecule has 2 rings (SSSR count). The second-order valence-electron chi connectivity index (χ2n) is 4.02. The van der Waals surface area contributed by atoms with E-state index >= 15 is 0 Å². The Balaban J connectivity index is 1.71. The van der Waals surface area contributed by atoms with Crippen molar-refractivity contribution in [3.8, 4) is 0 Å². The predicted molar refractivity (Wildman–Crippen MR) is 77.3 cm³/mol. The smallest absolute Gasteiger partial charge is 0.191 e. The van der Waals surface area contributed by atoms with E-state index in [9.17, 15) is 0 Å². The SMILES string of the molecule is CN=C(NCCn1ccnc1)NCc1ncc(C)s1. The molecule has 19 heavy (non-hydrogen) atoms. The largest absolute Gasteiger partial charge is 0.355 e. The van der Waals surface area contributed by atoms with Gasteiger partial charge in [-0.25, -0.2) is 9.97 Å². The van der Waals surface area contributed by atoms with Crippen LogP contribution in [0.15, 0.2) is 29.9 Å². The van der Waals surface area contributed by atoms with Gasteiger partial charge in [-0.2, -0.15) is 0 Å². The average molecular weight is 278 g/mol. The van der Waals surface area contributed by atoms with Crippen molar-refractivity contribution < 1.29 is 0 Å². The first-order valence-electron chi connectivity index (χ1n) is 6.09. The lowest BCUT2D eigenvalue weighted by atomic mass is 10.6. The summed E-state index contributed by atoms with van der Waals surface area (Å²) in [5.41, 5.74) is 0. The van der Waals surface area contributed by atoms with E-state index in [1.165, 1.54) is 4.88 Å². The zero-order valence-electron chi connectivity index (χ0n) is 11.1. The molecule has 0 saturated carbocycles. The summed E-state index contributed by atoms with van der Waals surface area (Å²) in [7, 11) is 1.76. The molecule has 7 heteroatoms. The van der Waals surface area contributed by atoms with Crippen LogP contribution in [-0.2, 0) is 13.1 Å². The minimum absolute atomic E-state index is 0.698. The molecule has 0 spiro atoms. The average Bonchev–Trinajstić information content (AvgIpc) is 3.05. The van der Waals surface area contributed by atoms with Crippen LogP contribution in [0, 0.1) is 6.92 Å². The Hall–Kier alpha value is -1.89. The molecule has 0 unspecified atom stereocenters. The van der Waals surface area contributed by atoms with Gasteiger partial charge in [0, 0.05) is 43.6 Å². The van der Waals surface area contributed by atoms with Crippen LogP contribution in [0.4, 0.5) is 0 Å². The number of hydrogen-bond acceptors (Lipinski definition) is 4. The molecular weight excluding hydrogens is 260 g/mol.